The van der Waals surface area contributed by atoms with Crippen molar-refractivity contribution in [2.24, 2.45) is 0 Å². The topological polar surface area (TPSA) is 67.0 Å². The van der Waals surface area contributed by atoms with Crippen LogP contribution in [0.25, 0.3) is 0 Å². The number of halogens is 1. The summed E-state index contributed by atoms with van der Waals surface area (Å²) in [4.78, 5) is 19.2. The van der Waals surface area contributed by atoms with E-state index in [0.29, 0.717) is 22.2 Å². The Bertz CT molecular complexity index is 569. The van der Waals surface area contributed by atoms with Gasteiger partial charge < -0.3 is 15.0 Å². The average molecular weight is 280 g/mol. The van der Waals surface area contributed by atoms with Crippen molar-refractivity contribution in [1.82, 2.24) is 15.3 Å². The Morgan fingerprint density at radius 3 is 2.95 bits per heavy atom. The molecule has 0 radical (unpaired) electrons. The summed E-state index contributed by atoms with van der Waals surface area (Å²) in [7, 11) is 1.50. The number of H-pyrrole nitrogens is 1. The van der Waals surface area contributed by atoms with Crippen LogP contribution in [0.3, 0.4) is 0 Å². The Balaban J connectivity index is 2.16. The van der Waals surface area contributed by atoms with Crippen LogP contribution >= 0.6 is 11.6 Å². The van der Waals surface area contributed by atoms with Crippen molar-refractivity contribution in [2.75, 3.05) is 7.11 Å². The molecule has 19 heavy (non-hydrogen) atoms. The van der Waals surface area contributed by atoms with Crippen molar-refractivity contribution in [1.29, 1.82) is 0 Å². The largest absolute Gasteiger partial charge is 0.496 e. The third-order valence-corrected chi connectivity index (χ3v) is 2.92. The molecule has 5 nitrogen and oxygen atoms in total. The first-order valence-electron chi connectivity index (χ1n) is 5.75. The maximum Gasteiger partial charge on any atom is 0.255 e. The number of aromatic nitrogens is 2. The summed E-state index contributed by atoms with van der Waals surface area (Å²) in [6.07, 6.45) is 3.35. The van der Waals surface area contributed by atoms with Gasteiger partial charge >= 0.3 is 0 Å². The van der Waals surface area contributed by atoms with Crippen molar-refractivity contribution in [3.8, 4) is 5.75 Å². The molecule has 0 aliphatic heterocycles. The zero-order chi connectivity index (χ0) is 13.8. The van der Waals surface area contributed by atoms with E-state index in [9.17, 15) is 4.79 Å². The molecular formula is C13H14ClN3O2. The number of imidazole rings is 1. The van der Waals surface area contributed by atoms with Gasteiger partial charge in [-0.2, -0.15) is 0 Å². The third-order valence-electron chi connectivity index (χ3n) is 2.69. The standard InChI is InChI=1S/C13H14ClN3O2/c1-8(12-15-5-6-16-12)17-13(18)10-4-3-9(14)7-11(10)19-2/h3-8H,1-2H3,(H,15,16)(H,17,18). The molecule has 0 saturated carbocycles. The van der Waals surface area contributed by atoms with Gasteiger partial charge in [0.15, 0.2) is 0 Å². The van der Waals surface area contributed by atoms with E-state index in [1.807, 2.05) is 6.92 Å². The first kappa shape index (κ1) is 13.4. The number of nitrogens with one attached hydrogen (secondary N) is 2. The van der Waals surface area contributed by atoms with E-state index < -0.39 is 0 Å². The maximum absolute atomic E-state index is 12.2. The van der Waals surface area contributed by atoms with Crippen molar-refractivity contribution < 1.29 is 9.53 Å². The second kappa shape index (κ2) is 5.75. The van der Waals surface area contributed by atoms with Gasteiger partial charge in [-0.25, -0.2) is 4.98 Å². The van der Waals surface area contributed by atoms with Crippen LogP contribution in [0.4, 0.5) is 0 Å². The highest BCUT2D eigenvalue weighted by Crippen LogP contribution is 2.23. The van der Waals surface area contributed by atoms with Gasteiger partial charge in [0.25, 0.3) is 5.91 Å². The van der Waals surface area contributed by atoms with Crippen LogP contribution in [-0.2, 0) is 0 Å². The Morgan fingerprint density at radius 1 is 1.53 bits per heavy atom. The molecule has 1 atom stereocenters. The molecule has 0 bridgehead atoms. The van der Waals surface area contributed by atoms with Crippen LogP contribution in [0.1, 0.15) is 29.1 Å². The fourth-order valence-electron chi connectivity index (χ4n) is 1.71. The van der Waals surface area contributed by atoms with Gasteiger partial charge in [-0.1, -0.05) is 11.6 Å². The van der Waals surface area contributed by atoms with Crippen LogP contribution in [-0.4, -0.2) is 23.0 Å². The normalized spacial score (nSPS) is 11.9. The molecule has 2 aromatic rings. The van der Waals surface area contributed by atoms with Gasteiger partial charge in [0, 0.05) is 17.4 Å². The fraction of sp³-hybridized carbons (Fsp3) is 0.231. The summed E-state index contributed by atoms with van der Waals surface area (Å²) < 4.78 is 5.15. The molecule has 100 valence electrons. The predicted octanol–water partition coefficient (Wildman–Crippen LogP) is 2.56. The smallest absolute Gasteiger partial charge is 0.255 e. The fourth-order valence-corrected chi connectivity index (χ4v) is 1.87. The minimum atomic E-state index is -0.239. The lowest BCUT2D eigenvalue weighted by molar-refractivity contribution is 0.0935. The number of aromatic amines is 1. The number of hydrogen-bond donors (Lipinski definition) is 2. The van der Waals surface area contributed by atoms with Crippen LogP contribution in [0.15, 0.2) is 30.6 Å². The summed E-state index contributed by atoms with van der Waals surface area (Å²) in [5.41, 5.74) is 0.435. The van der Waals surface area contributed by atoms with E-state index in [0.717, 1.165) is 0 Å². The Morgan fingerprint density at radius 2 is 2.32 bits per heavy atom. The molecular weight excluding hydrogens is 266 g/mol. The molecule has 0 aliphatic rings. The third kappa shape index (κ3) is 3.06. The Kier molecular flexibility index (Phi) is 4.06. The first-order chi connectivity index (χ1) is 9.11. The average Bonchev–Trinajstić information content (AvgIpc) is 2.92. The lowest BCUT2D eigenvalue weighted by Gasteiger charge is -2.13. The van der Waals surface area contributed by atoms with Crippen molar-refractivity contribution in [3.05, 3.63) is 47.0 Å². The zero-order valence-electron chi connectivity index (χ0n) is 10.6. The molecule has 0 fully saturated rings. The highest BCUT2D eigenvalue weighted by molar-refractivity contribution is 6.30. The Labute approximate surface area is 116 Å². The molecule has 1 amide bonds. The van der Waals surface area contributed by atoms with E-state index in [4.69, 9.17) is 16.3 Å². The number of methoxy groups -OCH3 is 1. The van der Waals surface area contributed by atoms with Crippen molar-refractivity contribution in [3.63, 3.8) is 0 Å². The Hall–Kier alpha value is -2.01. The summed E-state index contributed by atoms with van der Waals surface area (Å²) in [5, 5.41) is 3.36. The summed E-state index contributed by atoms with van der Waals surface area (Å²) in [6.45, 7) is 1.85. The van der Waals surface area contributed by atoms with Crippen LogP contribution in [0.2, 0.25) is 5.02 Å². The second-order valence-corrected chi connectivity index (χ2v) is 4.45. The van der Waals surface area contributed by atoms with Crippen LogP contribution in [0.5, 0.6) is 5.75 Å². The summed E-state index contributed by atoms with van der Waals surface area (Å²) in [5.74, 6) is 0.898. The quantitative estimate of drug-likeness (QED) is 0.904. The molecule has 0 saturated heterocycles. The molecule has 1 aromatic heterocycles. The van der Waals surface area contributed by atoms with Gasteiger partial charge in [-0.3, -0.25) is 4.79 Å². The number of nitrogens with zero attached hydrogens (tertiary/aromatic N) is 1. The molecule has 0 spiro atoms. The highest BCUT2D eigenvalue weighted by Gasteiger charge is 2.16. The van der Waals surface area contributed by atoms with Gasteiger partial charge in [0.2, 0.25) is 0 Å². The number of rotatable bonds is 4. The summed E-state index contributed by atoms with van der Waals surface area (Å²) >= 11 is 5.86. The van der Waals surface area contributed by atoms with E-state index >= 15 is 0 Å². The minimum Gasteiger partial charge on any atom is -0.496 e. The lowest BCUT2D eigenvalue weighted by atomic mass is 10.1. The molecule has 2 N–H and O–H groups in total. The molecule has 1 aromatic carbocycles. The van der Waals surface area contributed by atoms with Gasteiger partial charge in [0.05, 0.1) is 18.7 Å². The van der Waals surface area contributed by atoms with Gasteiger partial charge in [-0.05, 0) is 25.1 Å². The molecule has 2 rings (SSSR count). The lowest BCUT2D eigenvalue weighted by Crippen LogP contribution is -2.27. The summed E-state index contributed by atoms with van der Waals surface area (Å²) in [6, 6.07) is 4.67. The van der Waals surface area contributed by atoms with E-state index in [1.165, 1.54) is 7.11 Å². The first-order valence-corrected chi connectivity index (χ1v) is 6.13. The number of benzene rings is 1. The second-order valence-electron chi connectivity index (χ2n) is 4.01. The monoisotopic (exact) mass is 279 g/mol. The van der Waals surface area contributed by atoms with Crippen LogP contribution in [0, 0.1) is 0 Å². The molecule has 6 heteroatoms. The van der Waals surface area contributed by atoms with Gasteiger partial charge in [-0.15, -0.1) is 0 Å². The van der Waals surface area contributed by atoms with Gasteiger partial charge in [0.1, 0.15) is 11.6 Å². The predicted molar refractivity (Wildman–Crippen MR) is 72.5 cm³/mol. The number of hydrogen-bond acceptors (Lipinski definition) is 3. The van der Waals surface area contributed by atoms with Crippen molar-refractivity contribution in [2.45, 2.75) is 13.0 Å². The zero-order valence-corrected chi connectivity index (χ0v) is 11.4. The molecule has 1 heterocycles. The number of carbonyl (C=O) groups is 1. The van der Waals surface area contributed by atoms with Crippen LogP contribution < -0.4 is 10.1 Å². The van der Waals surface area contributed by atoms with E-state index in [-0.39, 0.29) is 11.9 Å². The van der Waals surface area contributed by atoms with E-state index in [1.54, 1.807) is 30.6 Å². The number of ether oxygens (including phenoxy) is 1. The minimum absolute atomic E-state index is 0.220. The molecule has 0 aliphatic carbocycles. The van der Waals surface area contributed by atoms with Crippen molar-refractivity contribution >= 4 is 17.5 Å². The number of carbonyl (C=O) groups excluding carboxylic acids is 1. The highest BCUT2D eigenvalue weighted by atomic mass is 35.5. The number of amides is 1. The molecule has 1 unspecified atom stereocenters. The van der Waals surface area contributed by atoms with E-state index in [2.05, 4.69) is 15.3 Å². The maximum atomic E-state index is 12.2. The SMILES string of the molecule is COc1cc(Cl)ccc1C(=O)NC(C)c1ncc[nH]1.